The molecule has 0 saturated carbocycles. The van der Waals surface area contributed by atoms with Crippen LogP contribution in [0.1, 0.15) is 76.3 Å². The molecule has 0 spiro atoms. The molecule has 11 rings (SSSR count). The molecule has 0 N–H and O–H groups in total. The molecule has 0 atom stereocenters. The van der Waals surface area contributed by atoms with E-state index >= 15 is 0 Å². The molecule has 0 fully saturated rings. The summed E-state index contributed by atoms with van der Waals surface area (Å²) >= 11 is 0. The third-order valence-electron chi connectivity index (χ3n) is 14.0. The van der Waals surface area contributed by atoms with Crippen LogP contribution in [0.15, 0.2) is 192 Å². The van der Waals surface area contributed by atoms with Crippen LogP contribution in [0.25, 0.3) is 78.4 Å². The molecule has 0 unspecified atom stereocenters. The van der Waals surface area contributed by atoms with Gasteiger partial charge in [-0.1, -0.05) is 156 Å². The summed E-state index contributed by atoms with van der Waals surface area (Å²) in [6.07, 6.45) is 17.1. The highest BCUT2D eigenvalue weighted by Gasteiger charge is 2.25. The van der Waals surface area contributed by atoms with E-state index in [1.165, 1.54) is 0 Å². The summed E-state index contributed by atoms with van der Waals surface area (Å²) in [4.78, 5) is 40.0. The lowest BCUT2D eigenvalue weighted by Crippen LogP contribution is -3.00. The number of fused-ring (bicyclic) bond motifs is 6. The minimum Gasteiger partial charge on any atom is -1.00 e. The van der Waals surface area contributed by atoms with E-state index in [2.05, 4.69) is 129 Å². The first-order valence-corrected chi connectivity index (χ1v) is 25.7. The van der Waals surface area contributed by atoms with Gasteiger partial charge in [0.15, 0.2) is 49.5 Å². The molecule has 5 aromatic carbocycles. The van der Waals surface area contributed by atoms with Crippen molar-refractivity contribution in [3.63, 3.8) is 0 Å². The zero-order valence-corrected chi connectivity index (χ0v) is 45.1. The van der Waals surface area contributed by atoms with Crippen molar-refractivity contribution in [2.75, 3.05) is 0 Å². The third kappa shape index (κ3) is 10.2. The Morgan fingerprint density at radius 2 is 0.811 bits per heavy atom. The van der Waals surface area contributed by atoms with Crippen LogP contribution in [0, 0.1) is 0 Å². The minimum absolute atomic E-state index is 0. The highest BCUT2D eigenvalue weighted by atomic mass is 79.9. The lowest BCUT2D eigenvalue weighted by Gasteiger charge is -2.14. The number of pyridine rings is 2. The Hall–Kier alpha value is -7.28. The quantitative estimate of drug-likeness (QED) is 0.0767. The van der Waals surface area contributed by atoms with Crippen molar-refractivity contribution in [2.45, 2.75) is 91.4 Å². The van der Waals surface area contributed by atoms with Crippen molar-refractivity contribution in [1.29, 1.82) is 0 Å². The summed E-state index contributed by atoms with van der Waals surface area (Å²) in [5, 5.41) is 0. The van der Waals surface area contributed by atoms with E-state index in [9.17, 15) is 9.59 Å². The average molecular weight is 1110 g/mol. The average Bonchev–Trinajstić information content (AvgIpc) is 4.03. The summed E-state index contributed by atoms with van der Waals surface area (Å²) in [6.45, 7) is 7.02. The molecule has 374 valence electrons. The number of halogens is 2. The van der Waals surface area contributed by atoms with Gasteiger partial charge in [-0.05, 0) is 55.3 Å². The number of para-hydroxylation sites is 4. The molecule has 74 heavy (non-hydrogen) atoms. The largest absolute Gasteiger partial charge is 1.00 e. The second-order valence-electron chi connectivity index (χ2n) is 19.0. The summed E-state index contributed by atoms with van der Waals surface area (Å²) in [5.41, 5.74) is 12.3. The van der Waals surface area contributed by atoms with Crippen LogP contribution < -0.4 is 54.2 Å². The Kier molecular flexibility index (Phi) is 16.2. The lowest BCUT2D eigenvalue weighted by atomic mass is 10.1. The van der Waals surface area contributed by atoms with Crippen LogP contribution in [0.2, 0.25) is 0 Å². The number of imidazole rings is 2. The molecule has 0 aliphatic heterocycles. The van der Waals surface area contributed by atoms with E-state index in [4.69, 9.17) is 9.97 Å². The first kappa shape index (κ1) is 51.6. The Morgan fingerprint density at radius 1 is 0.419 bits per heavy atom. The Bertz CT molecular complexity index is 3610. The van der Waals surface area contributed by atoms with Gasteiger partial charge in [0.2, 0.25) is 0 Å². The highest BCUT2D eigenvalue weighted by molar-refractivity contribution is 5.90. The number of nitrogens with zero attached hydrogens (tertiary/aromatic N) is 8. The van der Waals surface area contributed by atoms with Gasteiger partial charge >= 0.3 is 0 Å². The Balaban J connectivity index is 0.00000336. The third-order valence-corrected chi connectivity index (χ3v) is 14.0. The monoisotopic (exact) mass is 1110 g/mol. The smallest absolute Gasteiger partial charge is 0.277 e. The lowest BCUT2D eigenvalue weighted by molar-refractivity contribution is -0.688. The maximum atomic E-state index is 14.7. The Morgan fingerprint density at radius 3 is 1.23 bits per heavy atom. The molecular formula is C62H60Br2N8O2. The summed E-state index contributed by atoms with van der Waals surface area (Å²) in [6, 6.07) is 53.7. The SMILES string of the molecule is CCCCCCn1c(=O)c2c(-c3ccccc3)nc(-c3ccc[n+](Cc4cccc(C[n+]5cccc(-c6nc(-c7ccccc7)c7c(=O)n(CCCCCC)c8ccccc8n67)c5)c4)c3)n2c2ccccc21.[Br-].[Br-]. The standard InChI is InChI=1S/C62H60N8O2.2BrH/c1-3-5-7-19-38-67-51-32-15-17-34-53(51)69-57(61(67)71)55(47-26-11-9-12-27-47)63-59(69)49-30-22-36-65(43-49)41-45-24-21-25-46(40-45)42-66-37-23-31-50(44-66)60-64-56(48-28-13-10-14-29-48)58-62(72)68(39-20-8-6-4-2)52-33-16-18-35-54(52)70(58)60;;/h9-18,21-37,40,43-44H,3-8,19-20,38-39,41-42H2,1-2H3;2*1H/q+2;;/p-2. The zero-order valence-electron chi connectivity index (χ0n) is 42.0. The van der Waals surface area contributed by atoms with Gasteiger partial charge in [-0.2, -0.15) is 0 Å². The predicted molar refractivity (Wildman–Crippen MR) is 289 cm³/mol. The summed E-state index contributed by atoms with van der Waals surface area (Å²) in [5.74, 6) is 1.47. The molecule has 0 bridgehead atoms. The molecule has 0 aliphatic rings. The van der Waals surface area contributed by atoms with Crippen LogP contribution in [-0.4, -0.2) is 27.9 Å². The minimum atomic E-state index is -0.0202. The first-order chi connectivity index (χ1) is 35.5. The van der Waals surface area contributed by atoms with Gasteiger partial charge in [-0.25, -0.2) is 19.1 Å². The highest BCUT2D eigenvalue weighted by Crippen LogP contribution is 2.33. The molecule has 0 aliphatic carbocycles. The fraction of sp³-hybridized carbons (Fsp3) is 0.226. The molecule has 6 aromatic heterocycles. The number of rotatable bonds is 18. The van der Waals surface area contributed by atoms with Crippen LogP contribution in [0.3, 0.4) is 0 Å². The van der Waals surface area contributed by atoms with E-state index in [-0.39, 0.29) is 45.1 Å². The van der Waals surface area contributed by atoms with Gasteiger partial charge in [0.25, 0.3) is 11.1 Å². The van der Waals surface area contributed by atoms with Gasteiger partial charge in [0, 0.05) is 47.5 Å². The molecular weight excluding hydrogens is 1050 g/mol. The summed E-state index contributed by atoms with van der Waals surface area (Å²) < 4.78 is 12.5. The molecule has 0 radical (unpaired) electrons. The van der Waals surface area contributed by atoms with E-state index in [1.54, 1.807) is 0 Å². The molecule has 6 heterocycles. The van der Waals surface area contributed by atoms with Gasteiger partial charge in [0.1, 0.15) is 22.4 Å². The molecule has 11 aromatic rings. The molecule has 0 amide bonds. The van der Waals surface area contributed by atoms with Gasteiger partial charge < -0.3 is 43.1 Å². The topological polar surface area (TPSA) is 86.4 Å². The number of unbranched alkanes of at least 4 members (excludes halogenated alkanes) is 6. The number of hydrogen-bond acceptors (Lipinski definition) is 4. The second-order valence-corrected chi connectivity index (χ2v) is 19.0. The second kappa shape index (κ2) is 23.3. The van der Waals surface area contributed by atoms with Crippen molar-refractivity contribution in [3.8, 4) is 45.3 Å². The Labute approximate surface area is 452 Å². The van der Waals surface area contributed by atoms with Gasteiger partial charge in [-0.15, -0.1) is 0 Å². The van der Waals surface area contributed by atoms with E-state index in [0.29, 0.717) is 48.6 Å². The van der Waals surface area contributed by atoms with Crippen LogP contribution >= 0.6 is 0 Å². The van der Waals surface area contributed by atoms with Crippen molar-refractivity contribution < 1.29 is 43.1 Å². The first-order valence-electron chi connectivity index (χ1n) is 25.7. The van der Waals surface area contributed by atoms with E-state index in [0.717, 1.165) is 118 Å². The maximum absolute atomic E-state index is 14.7. The number of aryl methyl sites for hydroxylation is 2. The summed E-state index contributed by atoms with van der Waals surface area (Å²) in [7, 11) is 0. The van der Waals surface area contributed by atoms with E-state index in [1.807, 2.05) is 94.1 Å². The van der Waals surface area contributed by atoms with Crippen LogP contribution in [0.4, 0.5) is 0 Å². The maximum Gasteiger partial charge on any atom is 0.277 e. The number of hydrogen-bond donors (Lipinski definition) is 0. The fourth-order valence-corrected chi connectivity index (χ4v) is 10.5. The fourth-order valence-electron chi connectivity index (χ4n) is 10.5. The van der Waals surface area contributed by atoms with Crippen molar-refractivity contribution in [3.05, 3.63) is 214 Å². The van der Waals surface area contributed by atoms with Crippen molar-refractivity contribution in [1.82, 2.24) is 27.9 Å². The predicted octanol–water partition coefficient (Wildman–Crippen LogP) is 6.12. The molecule has 10 nitrogen and oxygen atoms in total. The van der Waals surface area contributed by atoms with Crippen LogP contribution in [0.5, 0.6) is 0 Å². The normalized spacial score (nSPS) is 11.4. The van der Waals surface area contributed by atoms with Crippen molar-refractivity contribution >= 4 is 33.1 Å². The van der Waals surface area contributed by atoms with Gasteiger partial charge in [0.05, 0.1) is 33.2 Å². The number of aromatic nitrogens is 8. The van der Waals surface area contributed by atoms with Crippen molar-refractivity contribution in [2.24, 2.45) is 0 Å². The van der Waals surface area contributed by atoms with Gasteiger partial charge in [-0.3, -0.25) is 18.4 Å². The zero-order chi connectivity index (χ0) is 49.0. The number of benzene rings is 5. The van der Waals surface area contributed by atoms with Crippen LogP contribution in [-0.2, 0) is 26.2 Å². The van der Waals surface area contributed by atoms with E-state index < -0.39 is 0 Å². The molecule has 0 saturated heterocycles. The molecule has 12 heteroatoms.